The van der Waals surface area contributed by atoms with Crippen LogP contribution in [-0.4, -0.2) is 44.6 Å². The summed E-state index contributed by atoms with van der Waals surface area (Å²) in [5.74, 6) is -0.473. The van der Waals surface area contributed by atoms with Gasteiger partial charge in [-0.3, -0.25) is 14.3 Å². The zero-order valence-electron chi connectivity index (χ0n) is 15.8. The van der Waals surface area contributed by atoms with Gasteiger partial charge >= 0.3 is 0 Å². The van der Waals surface area contributed by atoms with Crippen LogP contribution < -0.4 is 5.32 Å². The van der Waals surface area contributed by atoms with Gasteiger partial charge in [-0.05, 0) is 32.0 Å². The Hall–Kier alpha value is -2.71. The number of aryl methyl sites for hydroxylation is 1. The maximum atomic E-state index is 12.5. The maximum Gasteiger partial charge on any atom is 0.275 e. The molecule has 0 aliphatic carbocycles. The molecule has 0 saturated carbocycles. The molecule has 0 aliphatic rings. The van der Waals surface area contributed by atoms with Crippen LogP contribution in [0.1, 0.15) is 34.7 Å². The average Bonchev–Trinajstić information content (AvgIpc) is 3.31. The van der Waals surface area contributed by atoms with Gasteiger partial charge in [0.25, 0.3) is 11.8 Å². The lowest BCUT2D eigenvalue weighted by atomic mass is 10.1. The number of thiazole rings is 1. The van der Waals surface area contributed by atoms with Crippen molar-refractivity contribution >= 4 is 40.4 Å². The Balaban J connectivity index is 1.73. The largest absolute Gasteiger partial charge is 0.339 e. The van der Waals surface area contributed by atoms with E-state index in [-0.39, 0.29) is 11.8 Å². The second kappa shape index (κ2) is 8.53. The zero-order valence-corrected chi connectivity index (χ0v) is 17.3. The molecule has 0 bridgehead atoms. The number of anilines is 1. The Morgan fingerprint density at radius 2 is 2.04 bits per heavy atom. The lowest BCUT2D eigenvalue weighted by Crippen LogP contribution is -2.30. The summed E-state index contributed by atoms with van der Waals surface area (Å²) in [5.41, 5.74) is 2.08. The summed E-state index contributed by atoms with van der Waals surface area (Å²) in [6, 6.07) is 4.86. The van der Waals surface area contributed by atoms with Crippen LogP contribution in [0.3, 0.4) is 0 Å². The molecule has 0 fully saturated rings. The predicted octanol–water partition coefficient (Wildman–Crippen LogP) is 3.93. The summed E-state index contributed by atoms with van der Waals surface area (Å²) in [5, 5.41) is 9.58. The monoisotopic (exact) mass is 417 g/mol. The van der Waals surface area contributed by atoms with Gasteiger partial charge in [-0.25, -0.2) is 4.98 Å². The van der Waals surface area contributed by atoms with Crippen LogP contribution in [0.25, 0.3) is 10.6 Å². The highest BCUT2D eigenvalue weighted by Gasteiger charge is 2.17. The Bertz CT molecular complexity index is 1010. The fourth-order valence-corrected chi connectivity index (χ4v) is 3.72. The number of amides is 2. The Morgan fingerprint density at radius 1 is 1.29 bits per heavy atom. The molecule has 0 radical (unpaired) electrons. The van der Waals surface area contributed by atoms with Crippen molar-refractivity contribution in [3.63, 3.8) is 0 Å². The molecule has 146 valence electrons. The molecule has 1 N–H and O–H groups in total. The van der Waals surface area contributed by atoms with Gasteiger partial charge in [0.2, 0.25) is 0 Å². The Morgan fingerprint density at radius 3 is 2.64 bits per heavy atom. The van der Waals surface area contributed by atoms with Crippen LogP contribution in [0.15, 0.2) is 36.0 Å². The van der Waals surface area contributed by atoms with Crippen molar-refractivity contribution in [1.82, 2.24) is 19.7 Å². The molecule has 2 amide bonds. The van der Waals surface area contributed by atoms with Crippen LogP contribution >= 0.6 is 22.9 Å². The van der Waals surface area contributed by atoms with E-state index in [1.54, 1.807) is 39.4 Å². The molecule has 0 aliphatic heterocycles. The molecule has 2 aromatic heterocycles. The molecule has 7 nitrogen and oxygen atoms in total. The van der Waals surface area contributed by atoms with Crippen LogP contribution in [0, 0.1) is 0 Å². The molecule has 1 aromatic carbocycles. The molecule has 2 heterocycles. The second-order valence-corrected chi connectivity index (χ2v) is 7.33. The van der Waals surface area contributed by atoms with Crippen molar-refractivity contribution in [2.45, 2.75) is 13.8 Å². The van der Waals surface area contributed by atoms with Gasteiger partial charge in [0.15, 0.2) is 0 Å². The Kier molecular flexibility index (Phi) is 6.11. The molecular formula is C19H20ClN5O2S. The topological polar surface area (TPSA) is 80.1 Å². The van der Waals surface area contributed by atoms with E-state index in [0.717, 1.165) is 10.6 Å². The summed E-state index contributed by atoms with van der Waals surface area (Å²) in [7, 11) is 1.82. The standard InChI is InChI=1S/C19H20ClN5O2S/c1-4-25(5-2)19(27)14-7-6-13(8-15(14)20)22-17(26)16-11-28-18(23-16)12-9-21-24(3)10-12/h6-11H,4-5H2,1-3H3,(H,22,26). The minimum absolute atomic E-state index is 0.131. The number of carbonyl (C=O) groups is 2. The lowest BCUT2D eigenvalue weighted by molar-refractivity contribution is 0.0773. The first kappa shape index (κ1) is 20.0. The van der Waals surface area contributed by atoms with Gasteiger partial charge in [-0.2, -0.15) is 5.10 Å². The number of halogens is 1. The summed E-state index contributed by atoms with van der Waals surface area (Å²) in [6.07, 6.45) is 3.54. The van der Waals surface area contributed by atoms with E-state index in [1.807, 2.05) is 27.1 Å². The van der Waals surface area contributed by atoms with Gasteiger partial charge in [0.1, 0.15) is 10.7 Å². The van der Waals surface area contributed by atoms with Gasteiger partial charge in [0, 0.05) is 43.0 Å². The third-order valence-electron chi connectivity index (χ3n) is 4.20. The highest BCUT2D eigenvalue weighted by Crippen LogP contribution is 2.25. The maximum absolute atomic E-state index is 12.5. The van der Waals surface area contributed by atoms with E-state index in [2.05, 4.69) is 15.4 Å². The van der Waals surface area contributed by atoms with E-state index in [1.165, 1.54) is 11.3 Å². The number of aromatic nitrogens is 3. The third-order valence-corrected chi connectivity index (χ3v) is 5.40. The van der Waals surface area contributed by atoms with Crippen LogP contribution in [0.2, 0.25) is 5.02 Å². The fraction of sp³-hybridized carbons (Fsp3) is 0.263. The highest BCUT2D eigenvalue weighted by molar-refractivity contribution is 7.13. The molecule has 0 atom stereocenters. The average molecular weight is 418 g/mol. The number of rotatable bonds is 6. The molecule has 9 heteroatoms. The molecule has 0 saturated heterocycles. The van der Waals surface area contributed by atoms with Gasteiger partial charge in [0.05, 0.1) is 16.8 Å². The summed E-state index contributed by atoms with van der Waals surface area (Å²) >= 11 is 7.65. The molecular weight excluding hydrogens is 398 g/mol. The lowest BCUT2D eigenvalue weighted by Gasteiger charge is -2.19. The molecule has 28 heavy (non-hydrogen) atoms. The zero-order chi connectivity index (χ0) is 20.3. The van der Waals surface area contributed by atoms with Crippen molar-refractivity contribution in [2.75, 3.05) is 18.4 Å². The first-order valence-corrected chi connectivity index (χ1v) is 10.0. The quantitative estimate of drug-likeness (QED) is 0.658. The SMILES string of the molecule is CCN(CC)C(=O)c1ccc(NC(=O)c2csc(-c3cnn(C)c3)n2)cc1Cl. The minimum atomic E-state index is -0.342. The van der Waals surface area contributed by atoms with Crippen LogP contribution in [0.4, 0.5) is 5.69 Å². The van der Waals surface area contributed by atoms with Crippen molar-refractivity contribution < 1.29 is 9.59 Å². The first-order valence-electron chi connectivity index (χ1n) is 8.77. The summed E-state index contributed by atoms with van der Waals surface area (Å²) in [4.78, 5) is 31.0. The summed E-state index contributed by atoms with van der Waals surface area (Å²) < 4.78 is 1.68. The normalized spacial score (nSPS) is 10.7. The molecule has 3 aromatic rings. The van der Waals surface area contributed by atoms with Crippen LogP contribution in [0.5, 0.6) is 0 Å². The highest BCUT2D eigenvalue weighted by atomic mass is 35.5. The molecule has 3 rings (SSSR count). The van der Waals surface area contributed by atoms with Gasteiger partial charge < -0.3 is 10.2 Å². The van der Waals surface area contributed by atoms with Crippen molar-refractivity contribution in [1.29, 1.82) is 0 Å². The van der Waals surface area contributed by atoms with Gasteiger partial charge in [-0.1, -0.05) is 11.6 Å². The number of nitrogens with one attached hydrogen (secondary N) is 1. The van der Waals surface area contributed by atoms with E-state index < -0.39 is 0 Å². The van der Waals surface area contributed by atoms with E-state index in [9.17, 15) is 9.59 Å². The Labute approximate surface area is 172 Å². The van der Waals surface area contributed by atoms with E-state index >= 15 is 0 Å². The smallest absolute Gasteiger partial charge is 0.275 e. The summed E-state index contributed by atoms with van der Waals surface area (Å²) in [6.45, 7) is 5.04. The number of hydrogen-bond donors (Lipinski definition) is 1. The van der Waals surface area contributed by atoms with E-state index in [0.29, 0.717) is 35.1 Å². The number of hydrogen-bond acceptors (Lipinski definition) is 5. The predicted molar refractivity (Wildman–Crippen MR) is 111 cm³/mol. The fourth-order valence-electron chi connectivity index (χ4n) is 2.68. The third kappa shape index (κ3) is 4.23. The minimum Gasteiger partial charge on any atom is -0.339 e. The number of nitrogens with zero attached hydrogens (tertiary/aromatic N) is 4. The van der Waals surface area contributed by atoms with Crippen molar-refractivity contribution in [2.24, 2.45) is 7.05 Å². The number of carbonyl (C=O) groups excluding carboxylic acids is 2. The molecule has 0 unspecified atom stereocenters. The molecule has 0 spiro atoms. The van der Waals surface area contributed by atoms with E-state index in [4.69, 9.17) is 11.6 Å². The van der Waals surface area contributed by atoms with Crippen molar-refractivity contribution in [3.05, 3.63) is 52.3 Å². The van der Waals surface area contributed by atoms with Crippen LogP contribution in [-0.2, 0) is 7.05 Å². The second-order valence-electron chi connectivity index (χ2n) is 6.07. The number of benzene rings is 1. The first-order chi connectivity index (χ1) is 13.4. The van der Waals surface area contributed by atoms with Gasteiger partial charge in [-0.15, -0.1) is 11.3 Å². The van der Waals surface area contributed by atoms with Crippen molar-refractivity contribution in [3.8, 4) is 10.6 Å².